The maximum absolute atomic E-state index is 13.7. The second kappa shape index (κ2) is 6.48. The molecule has 1 aromatic carbocycles. The maximum Gasteiger partial charge on any atom is 0.117 e. The number of alkyl halides is 1. The zero-order valence-corrected chi connectivity index (χ0v) is 16.3. The summed E-state index contributed by atoms with van der Waals surface area (Å²) in [5.41, 5.74) is 1.69. The number of nitrogens with zero attached hydrogens (tertiary/aromatic N) is 3. The molecule has 0 saturated heterocycles. The molecule has 1 atom stereocenters. The largest absolute Gasteiger partial charge is 0.311 e. The van der Waals surface area contributed by atoms with E-state index >= 15 is 0 Å². The van der Waals surface area contributed by atoms with Crippen LogP contribution >= 0.6 is 15.9 Å². The van der Waals surface area contributed by atoms with Gasteiger partial charge in [-0.05, 0) is 65.7 Å². The first kappa shape index (κ1) is 18.3. The molecule has 0 radical (unpaired) electrons. The minimum Gasteiger partial charge on any atom is -0.311 e. The van der Waals surface area contributed by atoms with Gasteiger partial charge in [-0.25, -0.2) is 9.07 Å². The molecule has 23 heavy (non-hydrogen) atoms. The molecule has 6 heteroatoms. The molecule has 0 spiro atoms. The Hall–Kier alpha value is -1.01. The average Bonchev–Trinajstić information content (AvgIpc) is 2.83. The van der Waals surface area contributed by atoms with Gasteiger partial charge in [0.25, 0.3) is 0 Å². The van der Waals surface area contributed by atoms with Crippen LogP contribution in [0.1, 0.15) is 47.1 Å². The van der Waals surface area contributed by atoms with Gasteiger partial charge in [0.2, 0.25) is 0 Å². The highest BCUT2D eigenvalue weighted by atomic mass is 79.9. The van der Waals surface area contributed by atoms with Crippen molar-refractivity contribution in [2.75, 3.05) is 6.54 Å². The Morgan fingerprint density at radius 1 is 1.26 bits per heavy atom. The minimum absolute atomic E-state index is 0.123. The SMILES string of the molecule is CC(Cc1c(Br)ccc2c1nnn2C(C)(C)C)NCC(C)(C)F. The Balaban J connectivity index is 2.30. The van der Waals surface area contributed by atoms with Crippen LogP contribution in [0.4, 0.5) is 4.39 Å². The summed E-state index contributed by atoms with van der Waals surface area (Å²) < 4.78 is 16.6. The van der Waals surface area contributed by atoms with Crippen LogP contribution in [0.2, 0.25) is 0 Å². The van der Waals surface area contributed by atoms with Gasteiger partial charge < -0.3 is 5.32 Å². The van der Waals surface area contributed by atoms with Crippen molar-refractivity contribution in [2.24, 2.45) is 0 Å². The fraction of sp³-hybridized carbons (Fsp3) is 0.647. The molecular formula is C17H26BrFN4. The first-order valence-electron chi connectivity index (χ1n) is 7.94. The molecule has 0 fully saturated rings. The van der Waals surface area contributed by atoms with E-state index in [9.17, 15) is 4.39 Å². The summed E-state index contributed by atoms with van der Waals surface area (Å²) >= 11 is 3.62. The zero-order chi connectivity index (χ0) is 17.4. The van der Waals surface area contributed by atoms with Crippen molar-refractivity contribution < 1.29 is 4.39 Å². The molecule has 4 nitrogen and oxygen atoms in total. The highest BCUT2D eigenvalue weighted by Crippen LogP contribution is 2.28. The Labute approximate surface area is 146 Å². The molecule has 1 aromatic heterocycles. The van der Waals surface area contributed by atoms with E-state index in [4.69, 9.17) is 0 Å². The summed E-state index contributed by atoms with van der Waals surface area (Å²) in [4.78, 5) is 0. The van der Waals surface area contributed by atoms with Gasteiger partial charge in [-0.2, -0.15) is 0 Å². The Bertz CT molecular complexity index is 682. The molecule has 2 rings (SSSR count). The van der Waals surface area contributed by atoms with Crippen molar-refractivity contribution in [3.8, 4) is 0 Å². The number of hydrogen-bond donors (Lipinski definition) is 1. The van der Waals surface area contributed by atoms with Crippen molar-refractivity contribution in [3.63, 3.8) is 0 Å². The molecule has 0 aliphatic heterocycles. The standard InChI is InChI=1S/C17H26BrFN4/c1-11(20-10-17(5,6)19)9-12-13(18)7-8-14-15(12)21-22-23(14)16(2,3)4/h7-8,11,20H,9-10H2,1-6H3. The summed E-state index contributed by atoms with van der Waals surface area (Å²) in [6, 6.07) is 4.22. The van der Waals surface area contributed by atoms with Gasteiger partial charge in [-0.3, -0.25) is 0 Å². The summed E-state index contributed by atoms with van der Waals surface area (Å²) in [6.07, 6.45) is 0.761. The van der Waals surface area contributed by atoms with Crippen LogP contribution < -0.4 is 5.32 Å². The lowest BCUT2D eigenvalue weighted by molar-refractivity contribution is 0.204. The van der Waals surface area contributed by atoms with E-state index in [0.29, 0.717) is 6.54 Å². The molecule has 0 aliphatic rings. The number of fused-ring (bicyclic) bond motifs is 1. The van der Waals surface area contributed by atoms with Crippen molar-refractivity contribution in [3.05, 3.63) is 22.2 Å². The van der Waals surface area contributed by atoms with Gasteiger partial charge in [0.1, 0.15) is 11.2 Å². The number of hydrogen-bond acceptors (Lipinski definition) is 3. The van der Waals surface area contributed by atoms with Crippen LogP contribution in [0, 0.1) is 0 Å². The highest BCUT2D eigenvalue weighted by Gasteiger charge is 2.22. The Kier molecular flexibility index (Phi) is 5.16. The number of nitrogens with one attached hydrogen (secondary N) is 1. The summed E-state index contributed by atoms with van der Waals surface area (Å²) in [7, 11) is 0. The summed E-state index contributed by atoms with van der Waals surface area (Å²) in [5.74, 6) is 0. The summed E-state index contributed by atoms with van der Waals surface area (Å²) in [5, 5.41) is 12.0. The predicted octanol–water partition coefficient (Wildman–Crippen LogP) is 4.22. The third-order valence-corrected chi connectivity index (χ3v) is 4.43. The van der Waals surface area contributed by atoms with Crippen molar-refractivity contribution in [2.45, 2.75) is 65.2 Å². The fourth-order valence-electron chi connectivity index (χ4n) is 2.50. The predicted molar refractivity (Wildman–Crippen MR) is 96.6 cm³/mol. The van der Waals surface area contributed by atoms with Crippen LogP contribution in [0.5, 0.6) is 0 Å². The monoisotopic (exact) mass is 384 g/mol. The second-order valence-electron chi connectivity index (χ2n) is 7.77. The molecule has 0 aliphatic carbocycles. The third kappa shape index (κ3) is 4.51. The van der Waals surface area contributed by atoms with Gasteiger partial charge in [0, 0.05) is 17.1 Å². The highest BCUT2D eigenvalue weighted by molar-refractivity contribution is 9.10. The molecule has 0 saturated carbocycles. The number of halogens is 2. The Morgan fingerprint density at radius 3 is 2.48 bits per heavy atom. The molecule has 0 bridgehead atoms. The van der Waals surface area contributed by atoms with E-state index in [1.807, 2.05) is 16.8 Å². The molecule has 0 amide bonds. The number of rotatable bonds is 5. The minimum atomic E-state index is -1.22. The lowest BCUT2D eigenvalue weighted by atomic mass is 10.0. The van der Waals surface area contributed by atoms with E-state index in [1.54, 1.807) is 13.8 Å². The molecule has 1 unspecified atom stereocenters. The zero-order valence-electron chi connectivity index (χ0n) is 14.7. The van der Waals surface area contributed by atoms with Crippen molar-refractivity contribution in [1.82, 2.24) is 20.3 Å². The smallest absolute Gasteiger partial charge is 0.117 e. The topological polar surface area (TPSA) is 42.7 Å². The first-order chi connectivity index (χ1) is 10.5. The number of aromatic nitrogens is 3. The van der Waals surface area contributed by atoms with Gasteiger partial charge >= 0.3 is 0 Å². The molecular weight excluding hydrogens is 359 g/mol. The fourth-order valence-corrected chi connectivity index (χ4v) is 2.99. The van der Waals surface area contributed by atoms with Crippen LogP contribution in [0.15, 0.2) is 16.6 Å². The van der Waals surface area contributed by atoms with Gasteiger partial charge in [0.15, 0.2) is 0 Å². The van der Waals surface area contributed by atoms with Crippen LogP contribution in [-0.4, -0.2) is 33.2 Å². The lowest BCUT2D eigenvalue weighted by Gasteiger charge is -2.21. The lowest BCUT2D eigenvalue weighted by Crippen LogP contribution is -2.37. The van der Waals surface area contributed by atoms with Gasteiger partial charge in [-0.1, -0.05) is 21.1 Å². The van der Waals surface area contributed by atoms with E-state index in [0.717, 1.165) is 27.5 Å². The normalized spacial score (nSPS) is 14.4. The Morgan fingerprint density at radius 2 is 1.91 bits per heavy atom. The maximum atomic E-state index is 13.7. The van der Waals surface area contributed by atoms with Crippen LogP contribution in [-0.2, 0) is 12.0 Å². The van der Waals surface area contributed by atoms with E-state index in [2.05, 4.69) is 59.3 Å². The van der Waals surface area contributed by atoms with Gasteiger partial charge in [-0.15, -0.1) is 5.10 Å². The third-order valence-electron chi connectivity index (χ3n) is 3.68. The summed E-state index contributed by atoms with van der Waals surface area (Å²) in [6.45, 7) is 11.9. The number of benzene rings is 1. The average molecular weight is 385 g/mol. The quantitative estimate of drug-likeness (QED) is 0.838. The van der Waals surface area contributed by atoms with E-state index in [-0.39, 0.29) is 11.6 Å². The van der Waals surface area contributed by atoms with E-state index in [1.165, 1.54) is 0 Å². The van der Waals surface area contributed by atoms with Crippen molar-refractivity contribution in [1.29, 1.82) is 0 Å². The molecule has 2 aromatic rings. The van der Waals surface area contributed by atoms with E-state index < -0.39 is 5.67 Å². The van der Waals surface area contributed by atoms with Crippen LogP contribution in [0.25, 0.3) is 11.0 Å². The van der Waals surface area contributed by atoms with Crippen LogP contribution in [0.3, 0.4) is 0 Å². The first-order valence-corrected chi connectivity index (χ1v) is 8.74. The second-order valence-corrected chi connectivity index (χ2v) is 8.62. The molecule has 1 N–H and O–H groups in total. The molecule has 1 heterocycles. The molecule has 128 valence electrons. The van der Waals surface area contributed by atoms with Gasteiger partial charge in [0.05, 0.1) is 11.1 Å². The van der Waals surface area contributed by atoms with Crippen molar-refractivity contribution >= 4 is 27.0 Å².